The van der Waals surface area contributed by atoms with Gasteiger partial charge in [-0.2, -0.15) is 0 Å². The number of aliphatic hydroxyl groups is 6. The van der Waals surface area contributed by atoms with Crippen LogP contribution in [0.4, 0.5) is 0 Å². The predicted octanol–water partition coefficient (Wildman–Crippen LogP) is 3.87. The van der Waals surface area contributed by atoms with E-state index >= 15 is 0 Å². The van der Waals surface area contributed by atoms with E-state index in [4.69, 9.17) is 14.2 Å². The maximum Gasteiger partial charge on any atom is 0.302 e. The summed E-state index contributed by atoms with van der Waals surface area (Å²) >= 11 is 0. The second kappa shape index (κ2) is 13.1. The lowest BCUT2D eigenvalue weighted by molar-refractivity contribution is -0.355. The minimum atomic E-state index is -1.63. The van der Waals surface area contributed by atoms with Crippen molar-refractivity contribution in [2.75, 3.05) is 6.61 Å². The molecule has 1 heterocycles. The van der Waals surface area contributed by atoms with Gasteiger partial charge in [0.15, 0.2) is 6.29 Å². The second-order valence-corrected chi connectivity index (χ2v) is 18.0. The Balaban J connectivity index is 1.38. The Morgan fingerprint density at radius 2 is 1.52 bits per heavy atom. The first-order chi connectivity index (χ1) is 22.1. The topological polar surface area (TPSA) is 166 Å². The highest BCUT2D eigenvalue weighted by molar-refractivity contribution is 5.65. The monoisotopic (exact) mass is 680 g/mol. The molecule has 10 nitrogen and oxygen atoms in total. The number of hydrogen-bond acceptors (Lipinski definition) is 10. The maximum atomic E-state index is 12.2. The van der Waals surface area contributed by atoms with E-state index in [1.54, 1.807) is 0 Å². The third kappa shape index (κ3) is 5.92. The van der Waals surface area contributed by atoms with Gasteiger partial charge < -0.3 is 44.8 Å². The summed E-state index contributed by atoms with van der Waals surface area (Å²) in [6, 6.07) is 0. The van der Waals surface area contributed by atoms with Gasteiger partial charge in [-0.3, -0.25) is 4.79 Å². The number of aliphatic hydroxyl groups excluding tert-OH is 5. The molecule has 0 bridgehead atoms. The number of hydrogen-bond donors (Lipinski definition) is 6. The molecule has 0 spiro atoms. The highest BCUT2D eigenvalue weighted by atomic mass is 16.7. The molecule has 10 heteroatoms. The van der Waals surface area contributed by atoms with Crippen LogP contribution in [0.3, 0.4) is 0 Å². The quantitative estimate of drug-likeness (QED) is 0.120. The Morgan fingerprint density at radius 3 is 2.15 bits per heavy atom. The summed E-state index contributed by atoms with van der Waals surface area (Å²) in [6.07, 6.45) is -2.47. The fourth-order valence-electron chi connectivity index (χ4n) is 12.2. The smallest absolute Gasteiger partial charge is 0.302 e. The third-order valence-corrected chi connectivity index (χ3v) is 15.0. The lowest BCUT2D eigenvalue weighted by Crippen LogP contribution is -2.73. The van der Waals surface area contributed by atoms with Crippen LogP contribution in [0.15, 0.2) is 12.2 Å². The van der Waals surface area contributed by atoms with Crippen LogP contribution in [0.1, 0.15) is 113 Å². The Morgan fingerprint density at radius 1 is 0.875 bits per heavy atom. The average Bonchev–Trinajstić information content (AvgIpc) is 3.36. The molecular weight excluding hydrogens is 616 g/mol. The highest BCUT2D eigenvalue weighted by Crippen LogP contribution is 2.76. The van der Waals surface area contributed by atoms with Crippen molar-refractivity contribution in [3.63, 3.8) is 0 Å². The predicted molar refractivity (Wildman–Crippen MR) is 179 cm³/mol. The highest BCUT2D eigenvalue weighted by Gasteiger charge is 2.73. The van der Waals surface area contributed by atoms with Crippen molar-refractivity contribution in [3.05, 3.63) is 12.2 Å². The van der Waals surface area contributed by atoms with E-state index in [1.165, 1.54) is 6.92 Å². The summed E-state index contributed by atoms with van der Waals surface area (Å²) in [5, 5.41) is 67.9. The number of esters is 1. The van der Waals surface area contributed by atoms with Gasteiger partial charge in [0.2, 0.25) is 0 Å². The maximum absolute atomic E-state index is 12.2. The van der Waals surface area contributed by atoms with Crippen molar-refractivity contribution in [3.8, 4) is 0 Å². The molecule has 4 saturated carbocycles. The molecule has 0 amide bonds. The molecule has 5 rings (SSSR count). The van der Waals surface area contributed by atoms with Crippen LogP contribution in [0.5, 0.6) is 0 Å². The second-order valence-electron chi connectivity index (χ2n) is 18.0. The average molecular weight is 681 g/mol. The molecule has 0 aromatic carbocycles. The van der Waals surface area contributed by atoms with Crippen LogP contribution in [0, 0.1) is 45.3 Å². The molecule has 16 atom stereocenters. The van der Waals surface area contributed by atoms with E-state index in [9.17, 15) is 35.4 Å². The molecule has 1 aliphatic heterocycles. The lowest BCUT2D eigenvalue weighted by Gasteiger charge is -2.71. The van der Waals surface area contributed by atoms with Crippen molar-refractivity contribution in [1.29, 1.82) is 0 Å². The standard InChI is InChI=1S/C38H64O10/c1-20(2)11-10-16-37(8,45)23-14-17-35(6)22(23)12-13-26-36(35,7)18-15-25-34(4,5)32(30(43)31(44)38(25,26)9)48-33-29(42)28(41)27(40)24(47-33)19-46-21(3)39/h22-33,40-45H,1,10-19H2,2-9H3/t22-,23+,24-,25+,26+,27-,28+,29-,30-,31-,32+,33+,35-,36-,37-,38+/m1/s1. The van der Waals surface area contributed by atoms with Crippen LogP contribution in [-0.2, 0) is 19.0 Å². The molecule has 0 unspecified atom stereocenters. The van der Waals surface area contributed by atoms with Crippen molar-refractivity contribution in [1.82, 2.24) is 0 Å². The van der Waals surface area contributed by atoms with E-state index in [0.29, 0.717) is 5.92 Å². The molecular formula is C38H64O10. The van der Waals surface area contributed by atoms with Gasteiger partial charge in [0.05, 0.1) is 17.8 Å². The van der Waals surface area contributed by atoms with Crippen LogP contribution in [0.2, 0.25) is 0 Å². The zero-order valence-corrected chi connectivity index (χ0v) is 30.5. The van der Waals surface area contributed by atoms with Gasteiger partial charge in [0.25, 0.3) is 0 Å². The summed E-state index contributed by atoms with van der Waals surface area (Å²) < 4.78 is 17.2. The Hall–Kier alpha value is -1.11. The SMILES string of the molecule is C=C(C)CCC[C@@](C)(O)[C@H]1CC[C@]2(C)[C@@H]1CC[C@@H]1[C@@]3(C)[C@H](O)[C@@H](O)[C@H](O[C@@H]4O[C@H](COC(C)=O)[C@@H](O)[C@H](O)[C@H]4O)C(C)(C)[C@@H]3CC[C@]12C. The molecule has 1 saturated heterocycles. The van der Waals surface area contributed by atoms with Crippen molar-refractivity contribution in [2.45, 2.75) is 168 Å². The number of ether oxygens (including phenoxy) is 3. The molecule has 276 valence electrons. The van der Waals surface area contributed by atoms with Gasteiger partial charge in [0.1, 0.15) is 37.1 Å². The molecule has 6 N–H and O–H groups in total. The van der Waals surface area contributed by atoms with Crippen LogP contribution in [-0.4, -0.2) is 97.8 Å². The minimum absolute atomic E-state index is 0.0248. The van der Waals surface area contributed by atoms with E-state index in [1.807, 2.05) is 27.7 Å². The summed E-state index contributed by atoms with van der Waals surface area (Å²) in [5.74, 6) is 0.0952. The molecule has 48 heavy (non-hydrogen) atoms. The fraction of sp³-hybridized carbons (Fsp3) is 0.921. The van der Waals surface area contributed by atoms with E-state index in [0.717, 1.165) is 63.4 Å². The van der Waals surface area contributed by atoms with E-state index in [2.05, 4.69) is 27.4 Å². The normalized spacial score (nSPS) is 49.6. The zero-order chi connectivity index (χ0) is 35.8. The number of allylic oxidation sites excluding steroid dienone is 1. The largest absolute Gasteiger partial charge is 0.463 e. The summed E-state index contributed by atoms with van der Waals surface area (Å²) in [6.45, 7) is 20.0. The van der Waals surface area contributed by atoms with Gasteiger partial charge in [-0.05, 0) is 112 Å². The lowest BCUT2D eigenvalue weighted by atomic mass is 9.34. The van der Waals surface area contributed by atoms with E-state index in [-0.39, 0.29) is 35.2 Å². The Bertz CT molecular complexity index is 1200. The zero-order valence-electron chi connectivity index (χ0n) is 30.5. The minimum Gasteiger partial charge on any atom is -0.463 e. The van der Waals surface area contributed by atoms with Gasteiger partial charge in [-0.15, -0.1) is 6.58 Å². The summed E-state index contributed by atoms with van der Waals surface area (Å²) in [4.78, 5) is 11.4. The first-order valence-electron chi connectivity index (χ1n) is 18.4. The Kier molecular flexibility index (Phi) is 10.4. The first-order valence-corrected chi connectivity index (χ1v) is 18.4. The number of rotatable bonds is 9. The molecule has 4 aliphatic carbocycles. The van der Waals surface area contributed by atoms with Gasteiger partial charge >= 0.3 is 5.97 Å². The van der Waals surface area contributed by atoms with Crippen LogP contribution >= 0.6 is 0 Å². The van der Waals surface area contributed by atoms with Gasteiger partial charge in [-0.25, -0.2) is 0 Å². The van der Waals surface area contributed by atoms with E-state index < -0.39 is 71.4 Å². The van der Waals surface area contributed by atoms with Crippen molar-refractivity contribution >= 4 is 5.97 Å². The molecule has 0 aromatic heterocycles. The molecule has 0 aromatic rings. The first kappa shape index (κ1) is 38.1. The van der Waals surface area contributed by atoms with Gasteiger partial charge in [-0.1, -0.05) is 40.2 Å². The fourth-order valence-corrected chi connectivity index (χ4v) is 12.2. The third-order valence-electron chi connectivity index (χ3n) is 15.0. The van der Waals surface area contributed by atoms with Crippen LogP contribution < -0.4 is 0 Å². The van der Waals surface area contributed by atoms with Crippen molar-refractivity contribution in [2.24, 2.45) is 45.3 Å². The Labute approximate surface area is 287 Å². The number of carbonyl (C=O) groups is 1. The molecule has 0 radical (unpaired) electrons. The summed E-state index contributed by atoms with van der Waals surface area (Å²) in [5.41, 5.74) is -1.05. The number of carbonyl (C=O) groups excluding carboxylic acids is 1. The number of fused-ring (bicyclic) bond motifs is 5. The summed E-state index contributed by atoms with van der Waals surface area (Å²) in [7, 11) is 0. The van der Waals surface area contributed by atoms with Crippen LogP contribution in [0.25, 0.3) is 0 Å². The molecule has 5 fully saturated rings. The van der Waals surface area contributed by atoms with Gasteiger partial charge in [0, 0.05) is 12.3 Å². The van der Waals surface area contributed by atoms with Crippen molar-refractivity contribution < 1.29 is 49.6 Å². The molecule has 5 aliphatic rings.